The molecule has 1 fully saturated rings. The highest BCUT2D eigenvalue weighted by atomic mass is 32.2. The number of hydrogen-bond donors (Lipinski definition) is 1. The molecule has 0 bridgehead atoms. The number of likely N-dealkylation sites (tertiary alicyclic amines) is 1. The van der Waals surface area contributed by atoms with Crippen LogP contribution in [0.2, 0.25) is 0 Å². The van der Waals surface area contributed by atoms with Crippen LogP contribution < -0.4 is 0 Å². The molecule has 1 aromatic carbocycles. The second kappa shape index (κ2) is 7.14. The lowest BCUT2D eigenvalue weighted by atomic mass is 9.97. The molecule has 3 rings (SSSR count). The maximum absolute atomic E-state index is 10.9. The Hall–Kier alpha value is -1.86. The summed E-state index contributed by atoms with van der Waals surface area (Å²) in [4.78, 5) is 13.2. The fraction of sp³-hybridized carbons (Fsp3) is 0.438. The number of nitrogens with zero attached hydrogens (tertiary/aromatic N) is 4. The molecule has 6 nitrogen and oxygen atoms in total. The minimum atomic E-state index is -0.850. The molecule has 0 amide bonds. The first-order valence-electron chi connectivity index (χ1n) is 7.69. The number of thioether (sulfide) groups is 1. The van der Waals surface area contributed by atoms with Crippen LogP contribution in [0.3, 0.4) is 0 Å². The van der Waals surface area contributed by atoms with Crippen molar-refractivity contribution in [3.8, 4) is 5.69 Å². The van der Waals surface area contributed by atoms with Crippen LogP contribution in [-0.2, 0) is 4.79 Å². The summed E-state index contributed by atoms with van der Waals surface area (Å²) in [6, 6.07) is 9.91. The summed E-state index contributed by atoms with van der Waals surface area (Å²) >= 11 is 1.21. The topological polar surface area (TPSA) is 71.2 Å². The third-order valence-corrected chi connectivity index (χ3v) is 4.90. The summed E-state index contributed by atoms with van der Waals surface area (Å²) in [5.41, 5.74) is 0.980. The molecule has 1 N–H and O–H groups in total. The molecular weight excluding hydrogens is 312 g/mol. The number of carbonyl (C=O) groups is 1. The van der Waals surface area contributed by atoms with Gasteiger partial charge in [-0.05, 0) is 38.6 Å². The molecule has 0 radical (unpaired) electrons. The third-order valence-electron chi connectivity index (χ3n) is 3.99. The molecule has 1 unspecified atom stereocenters. The van der Waals surface area contributed by atoms with Gasteiger partial charge in [-0.25, -0.2) is 0 Å². The van der Waals surface area contributed by atoms with Crippen molar-refractivity contribution < 1.29 is 9.90 Å². The van der Waals surface area contributed by atoms with Gasteiger partial charge in [-0.1, -0.05) is 30.0 Å². The summed E-state index contributed by atoms with van der Waals surface area (Å²) < 4.78 is 2.01. The number of para-hydroxylation sites is 1. The summed E-state index contributed by atoms with van der Waals surface area (Å²) in [6.45, 7) is 2.06. The number of rotatable bonds is 5. The zero-order valence-electron chi connectivity index (χ0n) is 13.1. The van der Waals surface area contributed by atoms with Crippen molar-refractivity contribution in [1.82, 2.24) is 19.7 Å². The Morgan fingerprint density at radius 1 is 1.35 bits per heavy atom. The molecular formula is C16H20N4O2S. The predicted octanol–water partition coefficient (Wildman–Crippen LogP) is 2.25. The number of piperidine rings is 1. The number of carboxylic acid groups (broad SMARTS) is 1. The van der Waals surface area contributed by atoms with E-state index in [1.807, 2.05) is 34.9 Å². The molecule has 1 atom stereocenters. The van der Waals surface area contributed by atoms with Crippen molar-refractivity contribution in [2.75, 3.05) is 25.9 Å². The lowest BCUT2D eigenvalue weighted by molar-refractivity contribution is -0.133. The van der Waals surface area contributed by atoms with Crippen molar-refractivity contribution in [3.63, 3.8) is 0 Å². The van der Waals surface area contributed by atoms with E-state index >= 15 is 0 Å². The lowest BCUT2D eigenvalue weighted by Crippen LogP contribution is -2.32. The van der Waals surface area contributed by atoms with Gasteiger partial charge in [0.15, 0.2) is 5.16 Å². The van der Waals surface area contributed by atoms with Crippen LogP contribution in [0.5, 0.6) is 0 Å². The Balaban J connectivity index is 1.97. The van der Waals surface area contributed by atoms with E-state index in [1.54, 1.807) is 0 Å². The van der Waals surface area contributed by atoms with Crippen molar-refractivity contribution in [2.24, 2.45) is 0 Å². The van der Waals surface area contributed by atoms with Gasteiger partial charge in [0.2, 0.25) is 0 Å². The first-order valence-corrected chi connectivity index (χ1v) is 8.67. The van der Waals surface area contributed by atoms with Crippen LogP contribution in [0.25, 0.3) is 5.69 Å². The van der Waals surface area contributed by atoms with E-state index in [-0.39, 0.29) is 5.75 Å². The van der Waals surface area contributed by atoms with E-state index < -0.39 is 5.97 Å². The molecule has 1 aromatic heterocycles. The molecule has 0 aliphatic carbocycles. The Bertz CT molecular complexity index is 674. The van der Waals surface area contributed by atoms with E-state index in [0.29, 0.717) is 11.1 Å². The monoisotopic (exact) mass is 332 g/mol. The van der Waals surface area contributed by atoms with Gasteiger partial charge in [0.05, 0.1) is 5.75 Å². The van der Waals surface area contributed by atoms with Crippen LogP contribution >= 0.6 is 11.8 Å². The van der Waals surface area contributed by atoms with Crippen molar-refractivity contribution in [3.05, 3.63) is 36.2 Å². The Labute approximate surface area is 139 Å². The van der Waals surface area contributed by atoms with Crippen LogP contribution in [0.4, 0.5) is 0 Å². The van der Waals surface area contributed by atoms with Crippen LogP contribution in [0.15, 0.2) is 35.5 Å². The van der Waals surface area contributed by atoms with Crippen molar-refractivity contribution in [2.45, 2.75) is 23.9 Å². The average molecular weight is 332 g/mol. The fourth-order valence-electron chi connectivity index (χ4n) is 2.96. The molecule has 2 aromatic rings. The highest BCUT2D eigenvalue weighted by molar-refractivity contribution is 7.99. The van der Waals surface area contributed by atoms with E-state index in [9.17, 15) is 4.79 Å². The third kappa shape index (κ3) is 3.73. The second-order valence-corrected chi connectivity index (χ2v) is 6.74. The van der Waals surface area contributed by atoms with E-state index in [4.69, 9.17) is 5.11 Å². The molecule has 2 heterocycles. The Kier molecular flexibility index (Phi) is 4.97. The summed E-state index contributed by atoms with van der Waals surface area (Å²) in [7, 11) is 2.12. The molecule has 0 saturated carbocycles. The minimum absolute atomic E-state index is 0.0183. The number of aromatic nitrogens is 3. The number of benzene rings is 1. The number of carboxylic acids is 1. The van der Waals surface area contributed by atoms with Gasteiger partial charge >= 0.3 is 5.97 Å². The lowest BCUT2D eigenvalue weighted by Gasteiger charge is -2.29. The maximum Gasteiger partial charge on any atom is 0.313 e. The van der Waals surface area contributed by atoms with Crippen LogP contribution in [-0.4, -0.2) is 56.6 Å². The highest BCUT2D eigenvalue weighted by Crippen LogP contribution is 2.30. The maximum atomic E-state index is 10.9. The highest BCUT2D eigenvalue weighted by Gasteiger charge is 2.26. The summed E-state index contributed by atoms with van der Waals surface area (Å²) in [5, 5.41) is 18.2. The van der Waals surface area contributed by atoms with E-state index in [2.05, 4.69) is 22.1 Å². The quantitative estimate of drug-likeness (QED) is 0.847. The molecule has 1 aliphatic rings. The number of likely N-dealkylation sites (N-methyl/N-ethyl adjacent to an activating group) is 1. The average Bonchev–Trinajstić information content (AvgIpc) is 2.97. The molecule has 1 aliphatic heterocycles. The predicted molar refractivity (Wildman–Crippen MR) is 89.2 cm³/mol. The molecule has 0 spiro atoms. The smallest absolute Gasteiger partial charge is 0.313 e. The van der Waals surface area contributed by atoms with Crippen LogP contribution in [0, 0.1) is 0 Å². The van der Waals surface area contributed by atoms with Gasteiger partial charge in [0.1, 0.15) is 5.82 Å². The SMILES string of the molecule is CN1CCCC(c2nnc(SCC(=O)O)n2-c2ccccc2)C1. The van der Waals surface area contributed by atoms with E-state index in [0.717, 1.165) is 37.4 Å². The summed E-state index contributed by atoms with van der Waals surface area (Å²) in [6.07, 6.45) is 2.22. The first kappa shape index (κ1) is 16.0. The van der Waals surface area contributed by atoms with Gasteiger partial charge < -0.3 is 10.0 Å². The van der Waals surface area contributed by atoms with Crippen molar-refractivity contribution in [1.29, 1.82) is 0 Å². The second-order valence-electron chi connectivity index (χ2n) is 5.80. The Morgan fingerprint density at radius 3 is 2.83 bits per heavy atom. The van der Waals surface area contributed by atoms with Crippen LogP contribution in [0.1, 0.15) is 24.6 Å². The molecule has 122 valence electrons. The number of aliphatic carboxylic acids is 1. The number of hydrogen-bond acceptors (Lipinski definition) is 5. The normalized spacial score (nSPS) is 18.9. The fourth-order valence-corrected chi connectivity index (χ4v) is 3.64. The Morgan fingerprint density at radius 2 is 2.13 bits per heavy atom. The van der Waals surface area contributed by atoms with Crippen molar-refractivity contribution >= 4 is 17.7 Å². The van der Waals surface area contributed by atoms with Gasteiger partial charge in [-0.15, -0.1) is 10.2 Å². The van der Waals surface area contributed by atoms with E-state index in [1.165, 1.54) is 11.8 Å². The molecule has 1 saturated heterocycles. The standard InChI is InChI=1S/C16H20N4O2S/c1-19-9-5-6-12(10-19)15-17-18-16(23-11-14(21)22)20(15)13-7-3-2-4-8-13/h2-4,7-8,12H,5-6,9-11H2,1H3,(H,21,22). The van der Waals surface area contributed by atoms with Gasteiger partial charge in [-0.3, -0.25) is 9.36 Å². The largest absolute Gasteiger partial charge is 0.481 e. The summed E-state index contributed by atoms with van der Waals surface area (Å²) in [5.74, 6) is 0.378. The molecule has 23 heavy (non-hydrogen) atoms. The zero-order chi connectivity index (χ0) is 16.2. The van der Waals surface area contributed by atoms with Gasteiger partial charge in [0.25, 0.3) is 0 Å². The van der Waals surface area contributed by atoms with Gasteiger partial charge in [0, 0.05) is 18.2 Å². The van der Waals surface area contributed by atoms with Gasteiger partial charge in [-0.2, -0.15) is 0 Å². The molecule has 7 heteroatoms. The first-order chi connectivity index (χ1) is 11.1. The zero-order valence-corrected chi connectivity index (χ0v) is 13.9. The minimum Gasteiger partial charge on any atom is -0.481 e.